The van der Waals surface area contributed by atoms with Crippen molar-refractivity contribution >= 4 is 29.3 Å². The molecule has 9 heteroatoms. The molecule has 0 saturated carbocycles. The molecule has 0 aliphatic rings. The molecule has 0 bridgehead atoms. The van der Waals surface area contributed by atoms with Gasteiger partial charge in [-0.3, -0.25) is 9.59 Å². The zero-order valence-corrected chi connectivity index (χ0v) is 19.7. The number of hydrogen-bond donors (Lipinski definition) is 2. The van der Waals surface area contributed by atoms with E-state index in [-0.39, 0.29) is 24.1 Å². The van der Waals surface area contributed by atoms with Crippen molar-refractivity contribution in [3.8, 4) is 5.75 Å². The summed E-state index contributed by atoms with van der Waals surface area (Å²) in [6.45, 7) is 8.41. The molecule has 1 heterocycles. The highest BCUT2D eigenvalue weighted by atomic mass is 32.2. The van der Waals surface area contributed by atoms with E-state index in [2.05, 4.69) is 27.4 Å². The molecule has 8 nitrogen and oxygen atoms in total. The van der Waals surface area contributed by atoms with Gasteiger partial charge in [-0.15, -0.1) is 16.8 Å². The Hall–Kier alpha value is -3.59. The number of aromatic nitrogens is 3. The van der Waals surface area contributed by atoms with Crippen LogP contribution in [-0.2, 0) is 17.9 Å². The summed E-state index contributed by atoms with van der Waals surface area (Å²) in [5, 5.41) is 14.7. The van der Waals surface area contributed by atoms with Crippen LogP contribution in [0.5, 0.6) is 5.75 Å². The van der Waals surface area contributed by atoms with Gasteiger partial charge in [0.25, 0.3) is 5.91 Å². The van der Waals surface area contributed by atoms with Gasteiger partial charge in [-0.1, -0.05) is 35.5 Å². The first-order valence-electron chi connectivity index (χ1n) is 10.4. The molecule has 0 radical (unpaired) electrons. The third-order valence-electron chi connectivity index (χ3n) is 4.85. The highest BCUT2D eigenvalue weighted by Crippen LogP contribution is 2.20. The number of hydrogen-bond acceptors (Lipinski definition) is 6. The molecule has 2 amide bonds. The third-order valence-corrected chi connectivity index (χ3v) is 5.82. The number of aryl methyl sites for hydroxylation is 2. The summed E-state index contributed by atoms with van der Waals surface area (Å²) < 4.78 is 6.94. The predicted molar refractivity (Wildman–Crippen MR) is 130 cm³/mol. The summed E-state index contributed by atoms with van der Waals surface area (Å²) in [6, 6.07) is 12.7. The largest absolute Gasteiger partial charge is 0.497 e. The first-order chi connectivity index (χ1) is 15.9. The van der Waals surface area contributed by atoms with Crippen LogP contribution in [0.15, 0.2) is 60.3 Å². The van der Waals surface area contributed by atoms with Gasteiger partial charge < -0.3 is 19.9 Å². The third kappa shape index (κ3) is 6.45. The minimum absolute atomic E-state index is 0.130. The zero-order chi connectivity index (χ0) is 23.8. The second-order valence-electron chi connectivity index (χ2n) is 7.36. The Morgan fingerprint density at radius 3 is 2.58 bits per heavy atom. The van der Waals surface area contributed by atoms with E-state index in [9.17, 15) is 9.59 Å². The van der Waals surface area contributed by atoms with Crippen LogP contribution in [0.4, 0.5) is 5.69 Å². The minimum atomic E-state index is -0.229. The van der Waals surface area contributed by atoms with Gasteiger partial charge in [0, 0.05) is 17.8 Å². The first-order valence-corrected chi connectivity index (χ1v) is 11.3. The molecule has 2 aromatic carbocycles. The Labute approximate surface area is 197 Å². The molecule has 0 saturated heterocycles. The average Bonchev–Trinajstić information content (AvgIpc) is 3.19. The van der Waals surface area contributed by atoms with E-state index in [1.54, 1.807) is 37.5 Å². The van der Waals surface area contributed by atoms with Crippen molar-refractivity contribution in [2.75, 3.05) is 18.2 Å². The van der Waals surface area contributed by atoms with E-state index in [0.29, 0.717) is 28.8 Å². The van der Waals surface area contributed by atoms with E-state index in [1.165, 1.54) is 11.8 Å². The maximum Gasteiger partial charge on any atom is 0.251 e. The van der Waals surface area contributed by atoms with Crippen LogP contribution in [0.25, 0.3) is 0 Å². The number of methoxy groups -OCH3 is 1. The van der Waals surface area contributed by atoms with E-state index < -0.39 is 0 Å². The maximum atomic E-state index is 12.4. The van der Waals surface area contributed by atoms with E-state index in [4.69, 9.17) is 4.74 Å². The van der Waals surface area contributed by atoms with Crippen LogP contribution in [0.2, 0.25) is 0 Å². The Morgan fingerprint density at radius 2 is 1.91 bits per heavy atom. The lowest BCUT2D eigenvalue weighted by atomic mass is 10.1. The Balaban J connectivity index is 1.60. The number of amides is 2. The monoisotopic (exact) mass is 465 g/mol. The lowest BCUT2D eigenvalue weighted by molar-refractivity contribution is -0.113. The lowest BCUT2D eigenvalue weighted by Gasteiger charge is -2.10. The van der Waals surface area contributed by atoms with Crippen LogP contribution in [0, 0.1) is 13.8 Å². The normalized spacial score (nSPS) is 10.5. The number of carbonyl (C=O) groups is 2. The molecule has 2 N–H and O–H groups in total. The summed E-state index contributed by atoms with van der Waals surface area (Å²) in [4.78, 5) is 24.9. The Bertz CT molecular complexity index is 1140. The van der Waals surface area contributed by atoms with Gasteiger partial charge in [0.2, 0.25) is 5.91 Å². The van der Waals surface area contributed by atoms with Crippen molar-refractivity contribution in [3.63, 3.8) is 0 Å². The Kier molecular flexibility index (Phi) is 8.26. The number of rotatable bonds is 10. The maximum absolute atomic E-state index is 12.4. The highest BCUT2D eigenvalue weighted by molar-refractivity contribution is 7.99. The molecule has 0 aliphatic heterocycles. The first kappa shape index (κ1) is 24.1. The molecule has 0 unspecified atom stereocenters. The second kappa shape index (κ2) is 11.3. The number of thioether (sulfide) groups is 1. The second-order valence-corrected chi connectivity index (χ2v) is 8.31. The van der Waals surface area contributed by atoms with Gasteiger partial charge in [0.15, 0.2) is 11.0 Å². The van der Waals surface area contributed by atoms with Gasteiger partial charge in [-0.2, -0.15) is 0 Å². The molecular weight excluding hydrogens is 438 g/mol. The fourth-order valence-electron chi connectivity index (χ4n) is 3.14. The number of allylic oxidation sites excluding steroid dienone is 1. The number of ether oxygens (including phenoxy) is 1. The molecule has 1 aromatic heterocycles. The minimum Gasteiger partial charge on any atom is -0.497 e. The smallest absolute Gasteiger partial charge is 0.251 e. The Morgan fingerprint density at radius 1 is 1.15 bits per heavy atom. The number of nitrogens with one attached hydrogen (secondary N) is 2. The molecule has 33 heavy (non-hydrogen) atoms. The fourth-order valence-corrected chi connectivity index (χ4v) is 3.91. The van der Waals surface area contributed by atoms with Gasteiger partial charge in [0.1, 0.15) is 5.75 Å². The van der Waals surface area contributed by atoms with Gasteiger partial charge in [-0.25, -0.2) is 0 Å². The van der Waals surface area contributed by atoms with Crippen molar-refractivity contribution in [3.05, 3.63) is 77.6 Å². The number of anilines is 1. The lowest BCUT2D eigenvalue weighted by Crippen LogP contribution is -2.24. The molecule has 0 aliphatic carbocycles. The summed E-state index contributed by atoms with van der Waals surface area (Å²) in [5.74, 6) is 1.08. The summed E-state index contributed by atoms with van der Waals surface area (Å²) in [5.41, 5.74) is 3.46. The SMILES string of the molecule is C=CCn1c(CNC(=O)c2ccc(OC)cc2)nnc1SCC(=O)Nc1ccc(C)cc1C. The van der Waals surface area contributed by atoms with Crippen molar-refractivity contribution < 1.29 is 14.3 Å². The number of carbonyl (C=O) groups excluding carboxylic acids is 2. The molecule has 3 rings (SSSR count). The molecule has 0 spiro atoms. The fraction of sp³-hybridized carbons (Fsp3) is 0.250. The van der Waals surface area contributed by atoms with E-state index in [1.807, 2.05) is 36.6 Å². The summed E-state index contributed by atoms with van der Waals surface area (Å²) in [7, 11) is 1.57. The van der Waals surface area contributed by atoms with Crippen LogP contribution >= 0.6 is 11.8 Å². The average molecular weight is 466 g/mol. The van der Waals surface area contributed by atoms with Crippen LogP contribution < -0.4 is 15.4 Å². The molecule has 172 valence electrons. The van der Waals surface area contributed by atoms with Crippen LogP contribution in [0.1, 0.15) is 27.3 Å². The number of nitrogens with zero attached hydrogens (tertiary/aromatic N) is 3. The summed E-state index contributed by atoms with van der Waals surface area (Å²) >= 11 is 1.28. The van der Waals surface area contributed by atoms with Gasteiger partial charge >= 0.3 is 0 Å². The molecule has 0 fully saturated rings. The highest BCUT2D eigenvalue weighted by Gasteiger charge is 2.15. The van der Waals surface area contributed by atoms with E-state index >= 15 is 0 Å². The topological polar surface area (TPSA) is 98.1 Å². The quantitative estimate of drug-likeness (QED) is 0.350. The number of benzene rings is 2. The van der Waals surface area contributed by atoms with Crippen molar-refractivity contribution in [2.24, 2.45) is 0 Å². The standard InChI is InChI=1S/C24H27N5O3S/c1-5-12-29-21(14-25-23(31)18-7-9-19(32-4)10-8-18)27-28-24(29)33-15-22(30)26-20-11-6-16(2)13-17(20)3/h5-11,13H,1,12,14-15H2,2-4H3,(H,25,31)(H,26,30). The van der Waals surface area contributed by atoms with Crippen molar-refractivity contribution in [1.82, 2.24) is 20.1 Å². The molecule has 3 aromatic rings. The van der Waals surface area contributed by atoms with Crippen molar-refractivity contribution in [2.45, 2.75) is 32.1 Å². The van der Waals surface area contributed by atoms with Crippen molar-refractivity contribution in [1.29, 1.82) is 0 Å². The predicted octanol–water partition coefficient (Wildman–Crippen LogP) is 3.75. The van der Waals surface area contributed by atoms with Crippen LogP contribution in [0.3, 0.4) is 0 Å². The zero-order valence-electron chi connectivity index (χ0n) is 18.9. The molecule has 0 atom stereocenters. The van der Waals surface area contributed by atoms with E-state index in [0.717, 1.165) is 16.8 Å². The van der Waals surface area contributed by atoms with Gasteiger partial charge in [0.05, 0.1) is 19.4 Å². The molecular formula is C24H27N5O3S. The van der Waals surface area contributed by atoms with Crippen LogP contribution in [-0.4, -0.2) is 39.4 Å². The van der Waals surface area contributed by atoms with Gasteiger partial charge in [-0.05, 0) is 49.7 Å². The summed E-state index contributed by atoms with van der Waals surface area (Å²) in [6.07, 6.45) is 1.72.